The van der Waals surface area contributed by atoms with Crippen LogP contribution in [0.3, 0.4) is 0 Å². The number of hydrogen-bond acceptors (Lipinski definition) is 5. The molecule has 2 fully saturated rings. The maximum absolute atomic E-state index is 12.9. The first-order valence-electron chi connectivity index (χ1n) is 13.6. The summed E-state index contributed by atoms with van der Waals surface area (Å²) in [4.78, 5) is 20.3. The van der Waals surface area contributed by atoms with Crippen molar-refractivity contribution in [1.29, 1.82) is 0 Å². The summed E-state index contributed by atoms with van der Waals surface area (Å²) >= 11 is 0. The molecule has 3 aromatic carbocycles. The number of amides is 1. The smallest absolute Gasteiger partial charge is 0.270 e. The van der Waals surface area contributed by atoms with Crippen LogP contribution in [0.15, 0.2) is 66.7 Å². The van der Waals surface area contributed by atoms with Crippen LogP contribution in [0.4, 0.5) is 0 Å². The molecule has 0 spiro atoms. The van der Waals surface area contributed by atoms with Gasteiger partial charge in [0.1, 0.15) is 24.2 Å². The predicted molar refractivity (Wildman–Crippen MR) is 156 cm³/mol. The average molecular weight is 550 g/mol. The van der Waals surface area contributed by atoms with Crippen molar-refractivity contribution in [2.75, 3.05) is 52.5 Å². The van der Waals surface area contributed by atoms with Gasteiger partial charge in [0.05, 0.1) is 13.2 Å². The molecule has 1 aromatic heterocycles. The van der Waals surface area contributed by atoms with Crippen LogP contribution in [0.25, 0.3) is 21.7 Å². The molecule has 2 aliphatic heterocycles. The fourth-order valence-electron chi connectivity index (χ4n) is 5.75. The molecule has 1 atom stereocenters. The molecule has 1 amide bonds. The second kappa shape index (κ2) is 12.4. The van der Waals surface area contributed by atoms with Crippen LogP contribution >= 0.6 is 12.4 Å². The minimum Gasteiger partial charge on any atom is -0.490 e. The van der Waals surface area contributed by atoms with E-state index in [2.05, 4.69) is 52.3 Å². The number of aliphatic hydroxyl groups excluding tert-OH is 1. The zero-order valence-electron chi connectivity index (χ0n) is 22.1. The van der Waals surface area contributed by atoms with E-state index in [0.717, 1.165) is 36.8 Å². The van der Waals surface area contributed by atoms with Gasteiger partial charge in [0.2, 0.25) is 0 Å². The molecule has 7 nitrogen and oxygen atoms in total. The van der Waals surface area contributed by atoms with E-state index in [1.807, 2.05) is 29.2 Å². The highest BCUT2D eigenvalue weighted by Gasteiger charge is 2.24. The van der Waals surface area contributed by atoms with Crippen molar-refractivity contribution in [3.8, 4) is 5.75 Å². The van der Waals surface area contributed by atoms with Crippen LogP contribution in [-0.4, -0.2) is 84.4 Å². The molecule has 2 saturated heterocycles. The zero-order valence-corrected chi connectivity index (χ0v) is 22.9. The molecule has 0 unspecified atom stereocenters. The Balaban J connectivity index is 0.00000308. The number of aromatic nitrogens is 1. The minimum atomic E-state index is -0.587. The maximum Gasteiger partial charge on any atom is 0.270 e. The van der Waals surface area contributed by atoms with Crippen LogP contribution in [0.1, 0.15) is 34.8 Å². The van der Waals surface area contributed by atoms with E-state index in [9.17, 15) is 9.90 Å². The zero-order chi connectivity index (χ0) is 25.9. The Morgan fingerprint density at radius 3 is 2.54 bits per heavy atom. The first kappa shape index (κ1) is 27.5. The standard InChI is InChI=1S/C31H35N3O4.ClH/c35-26(20-33-12-10-23(11-13-33)25-9-8-22-4-1-2-5-24(22)18-25)21-38-30-7-3-6-28-27(30)19-29(32-28)31(36)34-14-16-37-17-15-34;/h1-9,18-19,23,26,32,35H,10-17,20-21H2;1H/t26-;/m0./s1. The van der Waals surface area contributed by atoms with Gasteiger partial charge in [0.15, 0.2) is 0 Å². The number of benzene rings is 3. The second-order valence-corrected chi connectivity index (χ2v) is 10.5. The Morgan fingerprint density at radius 2 is 1.74 bits per heavy atom. The Morgan fingerprint density at radius 1 is 0.974 bits per heavy atom. The number of fused-ring (bicyclic) bond motifs is 2. The van der Waals surface area contributed by atoms with Crippen molar-refractivity contribution in [2.24, 2.45) is 0 Å². The summed E-state index contributed by atoms with van der Waals surface area (Å²) in [6, 6.07) is 22.9. The molecular weight excluding hydrogens is 514 g/mol. The number of likely N-dealkylation sites (tertiary alicyclic amines) is 1. The number of morpholine rings is 1. The van der Waals surface area contributed by atoms with E-state index in [1.165, 1.54) is 16.3 Å². The van der Waals surface area contributed by atoms with Gasteiger partial charge in [0.25, 0.3) is 5.91 Å². The fourth-order valence-corrected chi connectivity index (χ4v) is 5.75. The third-order valence-corrected chi connectivity index (χ3v) is 7.89. The molecule has 4 aromatic rings. The van der Waals surface area contributed by atoms with Gasteiger partial charge in [-0.3, -0.25) is 4.79 Å². The number of piperidine rings is 1. The van der Waals surface area contributed by atoms with Crippen LogP contribution in [-0.2, 0) is 4.74 Å². The van der Waals surface area contributed by atoms with Crippen LogP contribution < -0.4 is 4.74 Å². The van der Waals surface area contributed by atoms with Crippen molar-refractivity contribution in [3.05, 3.63) is 78.0 Å². The quantitative estimate of drug-likeness (QED) is 0.345. The van der Waals surface area contributed by atoms with Crippen LogP contribution in [0.5, 0.6) is 5.75 Å². The van der Waals surface area contributed by atoms with Gasteiger partial charge >= 0.3 is 0 Å². The topological polar surface area (TPSA) is 78.0 Å². The highest BCUT2D eigenvalue weighted by atomic mass is 35.5. The number of ether oxygens (including phenoxy) is 2. The summed E-state index contributed by atoms with van der Waals surface area (Å²) in [5, 5.41) is 14.2. The fraction of sp³-hybridized carbons (Fsp3) is 0.387. The number of aromatic amines is 1. The lowest BCUT2D eigenvalue weighted by Gasteiger charge is -2.33. The van der Waals surface area contributed by atoms with Crippen molar-refractivity contribution < 1.29 is 19.4 Å². The number of nitrogens with zero attached hydrogens (tertiary/aromatic N) is 2. The van der Waals surface area contributed by atoms with Crippen LogP contribution in [0.2, 0.25) is 0 Å². The van der Waals surface area contributed by atoms with E-state index in [4.69, 9.17) is 9.47 Å². The minimum absolute atomic E-state index is 0. The molecule has 0 saturated carbocycles. The Kier molecular flexibility index (Phi) is 8.72. The third kappa shape index (κ3) is 6.23. The molecule has 206 valence electrons. The molecule has 0 radical (unpaired) electrons. The summed E-state index contributed by atoms with van der Waals surface area (Å²) in [6.45, 7) is 5.07. The SMILES string of the molecule is Cl.O=C(c1cc2c(OC[C@@H](O)CN3CCC(c4ccc5ccccc5c4)CC3)cccc2[nH]1)N1CCOCC1. The van der Waals surface area contributed by atoms with Crippen molar-refractivity contribution >= 4 is 40.0 Å². The van der Waals surface area contributed by atoms with Crippen molar-refractivity contribution in [2.45, 2.75) is 24.9 Å². The first-order valence-corrected chi connectivity index (χ1v) is 13.6. The largest absolute Gasteiger partial charge is 0.490 e. The lowest BCUT2D eigenvalue weighted by Crippen LogP contribution is -2.40. The summed E-state index contributed by atoms with van der Waals surface area (Å²) in [6.07, 6.45) is 1.60. The summed E-state index contributed by atoms with van der Waals surface area (Å²) in [5.41, 5.74) is 2.82. The maximum atomic E-state index is 12.9. The molecule has 8 heteroatoms. The molecule has 2 N–H and O–H groups in total. The Bertz CT molecular complexity index is 1410. The first-order chi connectivity index (χ1) is 18.6. The number of rotatable bonds is 7. The molecule has 3 heterocycles. The Hall–Kier alpha value is -3.10. The highest BCUT2D eigenvalue weighted by molar-refractivity contribution is 5.99. The molecular formula is C31H36ClN3O4. The summed E-state index contributed by atoms with van der Waals surface area (Å²) in [7, 11) is 0. The average Bonchev–Trinajstić information content (AvgIpc) is 3.41. The monoisotopic (exact) mass is 549 g/mol. The summed E-state index contributed by atoms with van der Waals surface area (Å²) in [5.74, 6) is 1.21. The molecule has 2 aliphatic rings. The van der Waals surface area contributed by atoms with Gasteiger partial charge in [-0.1, -0.05) is 48.5 Å². The van der Waals surface area contributed by atoms with Crippen LogP contribution in [0, 0.1) is 0 Å². The predicted octanol–water partition coefficient (Wildman–Crippen LogP) is 4.83. The highest BCUT2D eigenvalue weighted by Crippen LogP contribution is 2.31. The van der Waals surface area contributed by atoms with Gasteiger partial charge in [-0.05, 0) is 66.4 Å². The molecule has 0 aliphatic carbocycles. The van der Waals surface area contributed by atoms with Crippen molar-refractivity contribution in [1.82, 2.24) is 14.8 Å². The van der Waals surface area contributed by atoms with Gasteiger partial charge in [-0.15, -0.1) is 12.4 Å². The molecule has 6 rings (SSSR count). The van der Waals surface area contributed by atoms with E-state index in [0.29, 0.717) is 50.2 Å². The number of halogens is 1. The van der Waals surface area contributed by atoms with Gasteiger partial charge in [-0.2, -0.15) is 0 Å². The lowest BCUT2D eigenvalue weighted by molar-refractivity contribution is 0.0299. The van der Waals surface area contributed by atoms with Gasteiger partial charge in [-0.25, -0.2) is 0 Å². The number of carbonyl (C=O) groups excluding carboxylic acids is 1. The van der Waals surface area contributed by atoms with E-state index >= 15 is 0 Å². The Labute approximate surface area is 235 Å². The van der Waals surface area contributed by atoms with Gasteiger partial charge < -0.3 is 29.4 Å². The van der Waals surface area contributed by atoms with Crippen molar-refractivity contribution in [3.63, 3.8) is 0 Å². The number of carbonyl (C=O) groups is 1. The number of nitrogens with one attached hydrogen (secondary N) is 1. The molecule has 39 heavy (non-hydrogen) atoms. The number of H-pyrrole nitrogens is 1. The van der Waals surface area contributed by atoms with E-state index < -0.39 is 6.10 Å². The number of β-amino-alcohol motifs (C(OH)–C–C–N with tert-alkyl or cyclic N) is 1. The summed E-state index contributed by atoms with van der Waals surface area (Å²) < 4.78 is 11.4. The number of hydrogen-bond donors (Lipinski definition) is 2. The second-order valence-electron chi connectivity index (χ2n) is 10.5. The lowest BCUT2D eigenvalue weighted by atomic mass is 9.88. The number of aliphatic hydroxyl groups is 1. The van der Waals surface area contributed by atoms with E-state index in [-0.39, 0.29) is 24.9 Å². The van der Waals surface area contributed by atoms with Gasteiger partial charge in [0, 0.05) is 30.5 Å². The molecule has 0 bridgehead atoms. The third-order valence-electron chi connectivity index (χ3n) is 7.89. The normalized spacial score (nSPS) is 17.7. The van der Waals surface area contributed by atoms with E-state index in [1.54, 1.807) is 0 Å².